The second kappa shape index (κ2) is 13.7. The number of nitrogens with one attached hydrogen (secondary N) is 1. The SMILES string of the molecule is CCCOc1ccc([C@@H]2C(C(=O)OCc3ccccc3)=C(C)NC3=C2C(=O)C[C@H](c2ccc(OC)c(OC)c2)C3)cc1OC. The average molecular weight is 598 g/mol. The molecule has 8 heteroatoms. The lowest BCUT2D eigenvalue weighted by Gasteiger charge is -2.37. The van der Waals surface area contributed by atoms with Crippen LogP contribution in [0.4, 0.5) is 0 Å². The van der Waals surface area contributed by atoms with Crippen LogP contribution in [-0.4, -0.2) is 39.7 Å². The van der Waals surface area contributed by atoms with Crippen LogP contribution in [0.25, 0.3) is 0 Å². The molecule has 230 valence electrons. The van der Waals surface area contributed by atoms with Gasteiger partial charge in [-0.2, -0.15) is 0 Å². The van der Waals surface area contributed by atoms with Crippen molar-refractivity contribution in [2.75, 3.05) is 27.9 Å². The molecule has 0 unspecified atom stereocenters. The molecular weight excluding hydrogens is 558 g/mol. The molecule has 0 saturated carbocycles. The molecule has 0 aromatic heterocycles. The number of benzene rings is 3. The molecule has 0 amide bonds. The molecule has 8 nitrogen and oxygen atoms in total. The zero-order chi connectivity index (χ0) is 31.2. The van der Waals surface area contributed by atoms with Crippen LogP contribution in [0.15, 0.2) is 89.3 Å². The van der Waals surface area contributed by atoms with E-state index in [-0.39, 0.29) is 24.7 Å². The molecule has 1 heterocycles. The van der Waals surface area contributed by atoms with E-state index in [1.54, 1.807) is 21.3 Å². The maximum Gasteiger partial charge on any atom is 0.337 e. The maximum atomic E-state index is 14.1. The van der Waals surface area contributed by atoms with Gasteiger partial charge in [0.05, 0.1) is 33.5 Å². The van der Waals surface area contributed by atoms with E-state index in [2.05, 4.69) is 5.32 Å². The average Bonchev–Trinajstić information content (AvgIpc) is 3.05. The van der Waals surface area contributed by atoms with E-state index in [4.69, 9.17) is 23.7 Å². The van der Waals surface area contributed by atoms with Crippen LogP contribution < -0.4 is 24.3 Å². The number of methoxy groups -OCH3 is 3. The van der Waals surface area contributed by atoms with Gasteiger partial charge < -0.3 is 29.0 Å². The highest BCUT2D eigenvalue weighted by atomic mass is 16.5. The number of carbonyl (C=O) groups is 2. The first-order valence-corrected chi connectivity index (χ1v) is 14.9. The van der Waals surface area contributed by atoms with Crippen molar-refractivity contribution in [3.05, 3.63) is 106 Å². The highest BCUT2D eigenvalue weighted by Crippen LogP contribution is 2.47. The summed E-state index contributed by atoms with van der Waals surface area (Å²) in [6.07, 6.45) is 1.73. The number of ether oxygens (including phenoxy) is 5. The predicted molar refractivity (Wildman–Crippen MR) is 167 cm³/mol. The van der Waals surface area contributed by atoms with Crippen LogP contribution in [0.3, 0.4) is 0 Å². The quantitative estimate of drug-likeness (QED) is 0.247. The van der Waals surface area contributed by atoms with Crippen molar-refractivity contribution >= 4 is 11.8 Å². The number of esters is 1. The van der Waals surface area contributed by atoms with Gasteiger partial charge >= 0.3 is 5.97 Å². The minimum atomic E-state index is -0.637. The monoisotopic (exact) mass is 597 g/mol. The highest BCUT2D eigenvalue weighted by molar-refractivity contribution is 6.04. The molecule has 3 aromatic carbocycles. The van der Waals surface area contributed by atoms with Crippen LogP contribution >= 0.6 is 0 Å². The van der Waals surface area contributed by atoms with Gasteiger partial charge in [-0.25, -0.2) is 4.79 Å². The number of allylic oxidation sites excluding steroid dienone is 3. The summed E-state index contributed by atoms with van der Waals surface area (Å²) in [7, 11) is 4.78. The zero-order valence-electron chi connectivity index (χ0n) is 25.9. The number of carbonyl (C=O) groups excluding carboxylic acids is 2. The van der Waals surface area contributed by atoms with Crippen molar-refractivity contribution in [1.29, 1.82) is 0 Å². The summed E-state index contributed by atoms with van der Waals surface area (Å²) in [6, 6.07) is 20.9. The van der Waals surface area contributed by atoms with Crippen LogP contribution in [0.1, 0.15) is 61.6 Å². The first-order chi connectivity index (χ1) is 21.4. The minimum Gasteiger partial charge on any atom is -0.493 e. The molecule has 2 atom stereocenters. The van der Waals surface area contributed by atoms with E-state index in [1.165, 1.54) is 0 Å². The number of Topliss-reactive ketones (excluding diaryl/α,β-unsaturated/α-hetero) is 1. The van der Waals surface area contributed by atoms with Crippen LogP contribution in [0.2, 0.25) is 0 Å². The summed E-state index contributed by atoms with van der Waals surface area (Å²) < 4.78 is 28.3. The zero-order valence-corrected chi connectivity index (χ0v) is 25.9. The lowest BCUT2D eigenvalue weighted by atomic mass is 9.71. The van der Waals surface area contributed by atoms with Gasteiger partial charge in [0.25, 0.3) is 0 Å². The van der Waals surface area contributed by atoms with Crippen molar-refractivity contribution in [3.8, 4) is 23.0 Å². The molecule has 1 aliphatic heterocycles. The Bertz CT molecular complexity index is 1590. The fourth-order valence-electron chi connectivity index (χ4n) is 5.98. The third-order valence-corrected chi connectivity index (χ3v) is 8.12. The van der Waals surface area contributed by atoms with E-state index >= 15 is 0 Å². The van der Waals surface area contributed by atoms with Gasteiger partial charge in [-0.3, -0.25) is 4.79 Å². The highest BCUT2D eigenvalue weighted by Gasteiger charge is 2.42. The minimum absolute atomic E-state index is 0.0327. The fourth-order valence-corrected chi connectivity index (χ4v) is 5.98. The van der Waals surface area contributed by atoms with Gasteiger partial charge in [0.1, 0.15) is 6.61 Å². The molecule has 1 N–H and O–H groups in total. The van der Waals surface area contributed by atoms with E-state index in [1.807, 2.05) is 80.6 Å². The number of hydrogen-bond acceptors (Lipinski definition) is 8. The predicted octanol–water partition coefficient (Wildman–Crippen LogP) is 6.61. The van der Waals surface area contributed by atoms with Gasteiger partial charge in [0, 0.05) is 29.3 Å². The summed E-state index contributed by atoms with van der Waals surface area (Å²) in [6.45, 7) is 4.56. The molecule has 5 rings (SSSR count). The second-order valence-electron chi connectivity index (χ2n) is 11.0. The van der Waals surface area contributed by atoms with Gasteiger partial charge in [-0.1, -0.05) is 49.4 Å². The first-order valence-electron chi connectivity index (χ1n) is 14.9. The molecule has 44 heavy (non-hydrogen) atoms. The summed E-state index contributed by atoms with van der Waals surface area (Å²) >= 11 is 0. The van der Waals surface area contributed by atoms with E-state index in [9.17, 15) is 9.59 Å². The van der Waals surface area contributed by atoms with Crippen LogP contribution in [-0.2, 0) is 20.9 Å². The summed E-state index contributed by atoms with van der Waals surface area (Å²) in [4.78, 5) is 27.9. The Balaban J connectivity index is 1.54. The van der Waals surface area contributed by atoms with Crippen molar-refractivity contribution in [1.82, 2.24) is 5.32 Å². The molecule has 0 spiro atoms. The van der Waals surface area contributed by atoms with Gasteiger partial charge in [-0.15, -0.1) is 0 Å². The maximum absolute atomic E-state index is 14.1. The van der Waals surface area contributed by atoms with Crippen LogP contribution in [0.5, 0.6) is 23.0 Å². The largest absolute Gasteiger partial charge is 0.493 e. The molecule has 0 saturated heterocycles. The second-order valence-corrected chi connectivity index (χ2v) is 11.0. The fraction of sp³-hybridized carbons (Fsp3) is 0.333. The van der Waals surface area contributed by atoms with E-state index < -0.39 is 11.9 Å². The molecule has 2 aliphatic rings. The summed E-state index contributed by atoms with van der Waals surface area (Å²) in [5.41, 5.74) is 5.04. The third kappa shape index (κ3) is 6.30. The topological polar surface area (TPSA) is 92.3 Å². The smallest absolute Gasteiger partial charge is 0.337 e. The molecule has 0 bridgehead atoms. The molecule has 1 aliphatic carbocycles. The van der Waals surface area contributed by atoms with Gasteiger partial charge in [0.2, 0.25) is 0 Å². The molecule has 3 aromatic rings. The Morgan fingerprint density at radius 1 is 0.841 bits per heavy atom. The Morgan fingerprint density at radius 2 is 1.50 bits per heavy atom. The number of dihydropyridines is 1. The Kier molecular flexibility index (Phi) is 9.58. The van der Waals surface area contributed by atoms with Crippen molar-refractivity contribution < 1.29 is 33.3 Å². The number of hydrogen-bond donors (Lipinski definition) is 1. The third-order valence-electron chi connectivity index (χ3n) is 8.12. The van der Waals surface area contributed by atoms with Gasteiger partial charge in [0.15, 0.2) is 28.8 Å². The van der Waals surface area contributed by atoms with Crippen molar-refractivity contribution in [2.24, 2.45) is 0 Å². The molecule has 0 fully saturated rings. The lowest BCUT2D eigenvalue weighted by molar-refractivity contribution is -0.140. The standard InChI is InChI=1S/C36H39NO7/c1-6-16-43-30-15-13-25(20-32(30)42-5)34-33(36(39)44-21-23-10-8-7-9-11-23)22(2)37-27-17-26(18-28(38)35(27)34)24-12-14-29(40-3)31(19-24)41-4/h7-15,19-20,26,34,37H,6,16-18,21H2,1-5H3/t26-,34-/m1/s1. The Hall–Kier alpha value is -4.72. The number of rotatable bonds is 11. The molecule has 0 radical (unpaired) electrons. The Morgan fingerprint density at radius 3 is 2.20 bits per heavy atom. The van der Waals surface area contributed by atoms with E-state index in [0.717, 1.165) is 28.8 Å². The van der Waals surface area contributed by atoms with Crippen molar-refractivity contribution in [2.45, 2.75) is 51.6 Å². The van der Waals surface area contributed by atoms with Gasteiger partial charge in [-0.05, 0) is 66.6 Å². The van der Waals surface area contributed by atoms with Crippen molar-refractivity contribution in [3.63, 3.8) is 0 Å². The Labute approximate surface area is 258 Å². The first kappa shape index (κ1) is 30.7. The summed E-state index contributed by atoms with van der Waals surface area (Å²) in [5.74, 6) is 1.17. The van der Waals surface area contributed by atoms with Crippen LogP contribution in [0, 0.1) is 0 Å². The molecular formula is C36H39NO7. The normalized spacial score (nSPS) is 17.9. The number of ketones is 1. The lowest BCUT2D eigenvalue weighted by Crippen LogP contribution is -2.36. The van der Waals surface area contributed by atoms with E-state index in [0.29, 0.717) is 52.9 Å². The summed E-state index contributed by atoms with van der Waals surface area (Å²) in [5, 5.41) is 3.42.